The summed E-state index contributed by atoms with van der Waals surface area (Å²) in [5, 5.41) is 9.25. The molecule has 0 N–H and O–H groups in total. The third-order valence-corrected chi connectivity index (χ3v) is 5.79. The second kappa shape index (κ2) is 4.55. The Bertz CT molecular complexity index is 613. The summed E-state index contributed by atoms with van der Waals surface area (Å²) in [5.74, 6) is 0. The van der Waals surface area contributed by atoms with Crippen molar-refractivity contribution < 1.29 is 0 Å². The molecule has 3 nitrogen and oxygen atoms in total. The van der Waals surface area contributed by atoms with Crippen molar-refractivity contribution in [3.63, 3.8) is 0 Å². The van der Waals surface area contributed by atoms with Crippen molar-refractivity contribution in [1.29, 1.82) is 0 Å². The Morgan fingerprint density at radius 2 is 2.05 bits per heavy atom. The predicted octanol–water partition coefficient (Wildman–Crippen LogP) is 3.33. The van der Waals surface area contributed by atoms with Gasteiger partial charge in [0.15, 0.2) is 0 Å². The molecule has 0 saturated carbocycles. The number of fused-ring (bicyclic) bond motifs is 2. The van der Waals surface area contributed by atoms with Gasteiger partial charge < -0.3 is 4.90 Å². The number of anilines is 1. The van der Waals surface area contributed by atoms with Gasteiger partial charge in [-0.05, 0) is 49.1 Å². The van der Waals surface area contributed by atoms with E-state index in [0.717, 1.165) is 18.2 Å². The van der Waals surface area contributed by atoms with Crippen LogP contribution in [0.25, 0.3) is 0 Å². The van der Waals surface area contributed by atoms with Crippen molar-refractivity contribution in [1.82, 2.24) is 10.2 Å². The van der Waals surface area contributed by atoms with Crippen LogP contribution in [0.3, 0.4) is 0 Å². The average molecular weight is 285 g/mol. The van der Waals surface area contributed by atoms with E-state index in [-0.39, 0.29) is 0 Å². The Labute approximate surface area is 123 Å². The van der Waals surface area contributed by atoms with E-state index in [4.69, 9.17) is 0 Å². The summed E-state index contributed by atoms with van der Waals surface area (Å²) in [6, 6.07) is 7.06. The van der Waals surface area contributed by atoms with Gasteiger partial charge in [-0.2, -0.15) is 0 Å². The SMILES string of the molecule is Cc1ccc2c(c1)CCC21CCN(c2nncs2)CC1. The van der Waals surface area contributed by atoms with Crippen LogP contribution in [-0.2, 0) is 11.8 Å². The summed E-state index contributed by atoms with van der Waals surface area (Å²) in [6.07, 6.45) is 5.09. The van der Waals surface area contributed by atoms with E-state index >= 15 is 0 Å². The maximum atomic E-state index is 4.21. The highest BCUT2D eigenvalue weighted by Crippen LogP contribution is 2.46. The minimum Gasteiger partial charge on any atom is -0.347 e. The van der Waals surface area contributed by atoms with Crippen molar-refractivity contribution in [3.05, 3.63) is 40.4 Å². The molecule has 2 aromatic rings. The van der Waals surface area contributed by atoms with Crippen molar-refractivity contribution >= 4 is 16.5 Å². The Morgan fingerprint density at radius 1 is 1.20 bits per heavy atom. The van der Waals surface area contributed by atoms with Gasteiger partial charge in [0.05, 0.1) is 0 Å². The summed E-state index contributed by atoms with van der Waals surface area (Å²) in [7, 11) is 0. The molecule has 0 amide bonds. The summed E-state index contributed by atoms with van der Waals surface area (Å²) in [6.45, 7) is 4.42. The molecule has 2 heterocycles. The van der Waals surface area contributed by atoms with Crippen molar-refractivity contribution in [3.8, 4) is 0 Å². The fraction of sp³-hybridized carbons (Fsp3) is 0.500. The normalized spacial score (nSPS) is 20.4. The van der Waals surface area contributed by atoms with E-state index < -0.39 is 0 Å². The van der Waals surface area contributed by atoms with Crippen LogP contribution in [0.2, 0.25) is 0 Å². The number of aryl methyl sites for hydroxylation is 2. The minimum absolute atomic E-state index is 0.435. The van der Waals surface area contributed by atoms with E-state index in [0.29, 0.717) is 5.41 Å². The van der Waals surface area contributed by atoms with Gasteiger partial charge in [0.25, 0.3) is 0 Å². The number of hydrogen-bond acceptors (Lipinski definition) is 4. The zero-order chi connectivity index (χ0) is 13.6. The smallest absolute Gasteiger partial charge is 0.208 e. The first-order valence-electron chi connectivity index (χ1n) is 7.38. The molecule has 20 heavy (non-hydrogen) atoms. The van der Waals surface area contributed by atoms with Crippen LogP contribution in [0.4, 0.5) is 5.13 Å². The number of nitrogens with zero attached hydrogens (tertiary/aromatic N) is 3. The van der Waals surface area contributed by atoms with Crippen LogP contribution < -0.4 is 4.90 Å². The lowest BCUT2D eigenvalue weighted by Crippen LogP contribution is -2.41. The molecule has 1 fully saturated rings. The number of piperidine rings is 1. The van der Waals surface area contributed by atoms with Crippen molar-refractivity contribution in [2.75, 3.05) is 18.0 Å². The molecule has 0 atom stereocenters. The lowest BCUT2D eigenvalue weighted by molar-refractivity contribution is 0.330. The Morgan fingerprint density at radius 3 is 2.80 bits per heavy atom. The lowest BCUT2D eigenvalue weighted by Gasteiger charge is -2.40. The molecule has 2 aliphatic rings. The fourth-order valence-corrected chi connectivity index (χ4v) is 4.52. The van der Waals surface area contributed by atoms with Crippen molar-refractivity contribution in [2.24, 2.45) is 0 Å². The largest absolute Gasteiger partial charge is 0.347 e. The molecule has 1 spiro atoms. The van der Waals surface area contributed by atoms with Gasteiger partial charge >= 0.3 is 0 Å². The molecule has 1 aliphatic carbocycles. The maximum absolute atomic E-state index is 4.21. The fourth-order valence-electron chi connectivity index (χ4n) is 3.91. The molecule has 0 bridgehead atoms. The molecular formula is C16H19N3S. The topological polar surface area (TPSA) is 29.0 Å². The molecule has 104 valence electrons. The number of aromatic nitrogens is 2. The summed E-state index contributed by atoms with van der Waals surface area (Å²) < 4.78 is 0. The Hall–Kier alpha value is -1.42. The predicted molar refractivity (Wildman–Crippen MR) is 82.5 cm³/mol. The van der Waals surface area contributed by atoms with Gasteiger partial charge in [0.1, 0.15) is 5.51 Å². The second-order valence-electron chi connectivity index (χ2n) is 6.15. The lowest BCUT2D eigenvalue weighted by atomic mass is 9.74. The molecule has 0 radical (unpaired) electrons. The van der Waals surface area contributed by atoms with Crippen molar-refractivity contribution in [2.45, 2.75) is 38.0 Å². The molecule has 4 rings (SSSR count). The first kappa shape index (κ1) is 12.3. The third kappa shape index (κ3) is 1.85. The van der Waals surface area contributed by atoms with Crippen LogP contribution in [0.5, 0.6) is 0 Å². The van der Waals surface area contributed by atoms with Crippen LogP contribution in [0.1, 0.15) is 36.0 Å². The monoisotopic (exact) mass is 285 g/mol. The number of hydrogen-bond donors (Lipinski definition) is 0. The first-order valence-corrected chi connectivity index (χ1v) is 8.26. The molecule has 0 unspecified atom stereocenters. The quantitative estimate of drug-likeness (QED) is 0.805. The zero-order valence-corrected chi connectivity index (χ0v) is 12.6. The van der Waals surface area contributed by atoms with Gasteiger partial charge in [0.2, 0.25) is 5.13 Å². The van der Waals surface area contributed by atoms with Gasteiger partial charge in [-0.1, -0.05) is 35.1 Å². The molecular weight excluding hydrogens is 266 g/mol. The van der Waals surface area contributed by atoms with Gasteiger partial charge in [-0.15, -0.1) is 10.2 Å². The van der Waals surface area contributed by atoms with Crippen LogP contribution in [-0.4, -0.2) is 23.3 Å². The maximum Gasteiger partial charge on any atom is 0.208 e. The van der Waals surface area contributed by atoms with E-state index in [2.05, 4.69) is 40.2 Å². The highest BCUT2D eigenvalue weighted by atomic mass is 32.1. The van der Waals surface area contributed by atoms with Crippen LogP contribution >= 0.6 is 11.3 Å². The van der Waals surface area contributed by atoms with Gasteiger partial charge in [-0.25, -0.2) is 0 Å². The van der Waals surface area contributed by atoms with E-state index in [9.17, 15) is 0 Å². The molecule has 1 aromatic heterocycles. The first-order chi connectivity index (χ1) is 9.77. The standard InChI is InChI=1S/C16H19N3S/c1-12-2-3-14-13(10-12)4-5-16(14)6-8-19(9-7-16)15-18-17-11-20-15/h2-3,10-11H,4-9H2,1H3. The third-order valence-electron chi connectivity index (χ3n) is 5.04. The highest BCUT2D eigenvalue weighted by Gasteiger charge is 2.41. The van der Waals surface area contributed by atoms with E-state index in [1.54, 1.807) is 22.5 Å². The van der Waals surface area contributed by atoms with Crippen LogP contribution in [0.15, 0.2) is 23.7 Å². The highest BCUT2D eigenvalue weighted by molar-refractivity contribution is 7.13. The van der Waals surface area contributed by atoms with Crippen LogP contribution in [0, 0.1) is 6.92 Å². The zero-order valence-electron chi connectivity index (χ0n) is 11.8. The summed E-state index contributed by atoms with van der Waals surface area (Å²) >= 11 is 1.65. The molecule has 1 aromatic carbocycles. The van der Waals surface area contributed by atoms with Gasteiger partial charge in [-0.3, -0.25) is 0 Å². The number of benzene rings is 1. The van der Waals surface area contributed by atoms with E-state index in [1.807, 2.05) is 5.51 Å². The Kier molecular flexibility index (Phi) is 2.81. The molecule has 1 saturated heterocycles. The van der Waals surface area contributed by atoms with E-state index in [1.165, 1.54) is 31.2 Å². The molecule has 1 aliphatic heterocycles. The second-order valence-corrected chi connectivity index (χ2v) is 6.96. The van der Waals surface area contributed by atoms with Gasteiger partial charge in [0, 0.05) is 13.1 Å². The number of rotatable bonds is 1. The summed E-state index contributed by atoms with van der Waals surface area (Å²) in [5.41, 5.74) is 6.87. The minimum atomic E-state index is 0.435. The molecule has 4 heteroatoms. The average Bonchev–Trinajstić information content (AvgIpc) is 3.09. The Balaban J connectivity index is 1.58. The summed E-state index contributed by atoms with van der Waals surface area (Å²) in [4.78, 5) is 2.40.